The molecule has 1 atom stereocenters. The zero-order valence-electron chi connectivity index (χ0n) is 10.9. The van der Waals surface area contributed by atoms with E-state index in [1.54, 1.807) is 4.90 Å². The molecule has 1 saturated heterocycles. The van der Waals surface area contributed by atoms with Gasteiger partial charge in [-0.3, -0.25) is 4.79 Å². The van der Waals surface area contributed by atoms with E-state index in [1.807, 2.05) is 0 Å². The van der Waals surface area contributed by atoms with Gasteiger partial charge in [-0.05, 0) is 19.3 Å². The average Bonchev–Trinajstić information content (AvgIpc) is 2.82. The lowest BCUT2D eigenvalue weighted by Crippen LogP contribution is -2.40. The summed E-state index contributed by atoms with van der Waals surface area (Å²) in [5.74, 6) is -0.168. The number of ether oxygens (including phenoxy) is 1. The van der Waals surface area contributed by atoms with Crippen LogP contribution in [0.25, 0.3) is 0 Å². The summed E-state index contributed by atoms with van der Waals surface area (Å²) in [5.41, 5.74) is 0. The van der Waals surface area contributed by atoms with Crippen LogP contribution in [0.15, 0.2) is 0 Å². The highest BCUT2D eigenvalue weighted by Crippen LogP contribution is 2.20. The third-order valence-corrected chi connectivity index (χ3v) is 3.29. The van der Waals surface area contributed by atoms with E-state index in [2.05, 4.69) is 6.92 Å². The van der Waals surface area contributed by atoms with Crippen molar-refractivity contribution < 1.29 is 14.3 Å². The Hall–Kier alpha value is -1.06. The van der Waals surface area contributed by atoms with Crippen LogP contribution in [0.1, 0.15) is 51.9 Å². The molecule has 0 radical (unpaired) electrons. The number of carbonyl (C=O) groups is 2. The van der Waals surface area contributed by atoms with Crippen LogP contribution in [0.4, 0.5) is 0 Å². The van der Waals surface area contributed by atoms with Crippen molar-refractivity contribution in [3.63, 3.8) is 0 Å². The molecule has 0 aromatic heterocycles. The Bertz CT molecular complexity index is 265. The topological polar surface area (TPSA) is 46.6 Å². The van der Waals surface area contributed by atoms with Crippen LogP contribution < -0.4 is 0 Å². The Kier molecular flexibility index (Phi) is 6.01. The van der Waals surface area contributed by atoms with Crippen LogP contribution >= 0.6 is 0 Å². The molecule has 4 nitrogen and oxygen atoms in total. The van der Waals surface area contributed by atoms with Crippen molar-refractivity contribution in [3.8, 4) is 0 Å². The highest BCUT2D eigenvalue weighted by Gasteiger charge is 2.34. The minimum atomic E-state index is -0.335. The second kappa shape index (κ2) is 7.30. The van der Waals surface area contributed by atoms with E-state index < -0.39 is 0 Å². The van der Waals surface area contributed by atoms with Crippen molar-refractivity contribution in [2.24, 2.45) is 0 Å². The Morgan fingerprint density at radius 1 is 1.29 bits per heavy atom. The van der Waals surface area contributed by atoms with Crippen LogP contribution in [-0.2, 0) is 14.3 Å². The molecule has 1 unspecified atom stereocenters. The van der Waals surface area contributed by atoms with Crippen LogP contribution in [0, 0.1) is 0 Å². The Balaban J connectivity index is 2.37. The average molecular weight is 241 g/mol. The Morgan fingerprint density at radius 3 is 2.71 bits per heavy atom. The van der Waals surface area contributed by atoms with Gasteiger partial charge in [-0.2, -0.15) is 0 Å². The molecule has 0 N–H and O–H groups in total. The van der Waals surface area contributed by atoms with Gasteiger partial charge in [0.1, 0.15) is 6.04 Å². The molecule has 1 aliphatic heterocycles. The van der Waals surface area contributed by atoms with Crippen LogP contribution in [0.3, 0.4) is 0 Å². The van der Waals surface area contributed by atoms with E-state index in [4.69, 9.17) is 4.74 Å². The number of rotatable bonds is 6. The van der Waals surface area contributed by atoms with Gasteiger partial charge in [0.15, 0.2) is 0 Å². The summed E-state index contributed by atoms with van der Waals surface area (Å²) < 4.78 is 4.72. The first kappa shape index (κ1) is 14.0. The molecule has 98 valence electrons. The summed E-state index contributed by atoms with van der Waals surface area (Å²) in [6.45, 7) is 2.85. The van der Waals surface area contributed by atoms with E-state index in [9.17, 15) is 9.59 Å². The standard InChI is InChI=1S/C13H23NO3/c1-3-4-5-6-9-12(15)14-10-7-8-11(14)13(16)17-2/h11H,3-10H2,1-2H3. The third kappa shape index (κ3) is 4.02. The fourth-order valence-corrected chi connectivity index (χ4v) is 2.29. The molecule has 1 fully saturated rings. The van der Waals surface area contributed by atoms with Crippen molar-refractivity contribution in [1.29, 1.82) is 0 Å². The lowest BCUT2D eigenvalue weighted by molar-refractivity contribution is -0.151. The maximum absolute atomic E-state index is 12.0. The summed E-state index contributed by atoms with van der Waals surface area (Å²) in [6.07, 6.45) is 6.58. The number of likely N-dealkylation sites (tertiary alicyclic amines) is 1. The lowest BCUT2D eigenvalue weighted by atomic mass is 10.1. The van der Waals surface area contributed by atoms with Gasteiger partial charge in [-0.15, -0.1) is 0 Å². The molecule has 0 aliphatic carbocycles. The molecule has 1 rings (SSSR count). The molecule has 1 heterocycles. The van der Waals surface area contributed by atoms with Crippen molar-refractivity contribution in [1.82, 2.24) is 4.90 Å². The van der Waals surface area contributed by atoms with E-state index in [0.29, 0.717) is 13.0 Å². The molecule has 0 saturated carbocycles. The van der Waals surface area contributed by atoms with Crippen LogP contribution in [0.2, 0.25) is 0 Å². The monoisotopic (exact) mass is 241 g/mol. The number of hydrogen-bond donors (Lipinski definition) is 0. The maximum Gasteiger partial charge on any atom is 0.328 e. The van der Waals surface area contributed by atoms with Gasteiger partial charge in [0, 0.05) is 13.0 Å². The number of nitrogens with zero attached hydrogens (tertiary/aromatic N) is 1. The highest BCUT2D eigenvalue weighted by atomic mass is 16.5. The second-order valence-electron chi connectivity index (χ2n) is 4.58. The first-order valence-corrected chi connectivity index (χ1v) is 6.58. The number of unbranched alkanes of at least 4 members (excludes halogenated alkanes) is 3. The molecule has 4 heteroatoms. The van der Waals surface area contributed by atoms with E-state index >= 15 is 0 Å². The van der Waals surface area contributed by atoms with E-state index in [1.165, 1.54) is 20.0 Å². The van der Waals surface area contributed by atoms with E-state index in [-0.39, 0.29) is 17.9 Å². The maximum atomic E-state index is 12.0. The zero-order chi connectivity index (χ0) is 12.7. The van der Waals surface area contributed by atoms with Crippen LogP contribution in [0.5, 0.6) is 0 Å². The van der Waals surface area contributed by atoms with Gasteiger partial charge in [0.2, 0.25) is 5.91 Å². The summed E-state index contributed by atoms with van der Waals surface area (Å²) in [4.78, 5) is 25.1. The van der Waals surface area contributed by atoms with Crippen molar-refractivity contribution in [2.75, 3.05) is 13.7 Å². The minimum Gasteiger partial charge on any atom is -0.467 e. The molecule has 1 amide bonds. The fourth-order valence-electron chi connectivity index (χ4n) is 2.29. The van der Waals surface area contributed by atoms with Gasteiger partial charge in [-0.1, -0.05) is 26.2 Å². The zero-order valence-corrected chi connectivity index (χ0v) is 10.9. The van der Waals surface area contributed by atoms with Gasteiger partial charge in [0.05, 0.1) is 7.11 Å². The summed E-state index contributed by atoms with van der Waals surface area (Å²) >= 11 is 0. The predicted molar refractivity (Wildman–Crippen MR) is 65.5 cm³/mol. The number of esters is 1. The van der Waals surface area contributed by atoms with Gasteiger partial charge in [0.25, 0.3) is 0 Å². The molecular formula is C13H23NO3. The van der Waals surface area contributed by atoms with Crippen molar-refractivity contribution in [2.45, 2.75) is 57.9 Å². The number of methoxy groups -OCH3 is 1. The number of hydrogen-bond acceptors (Lipinski definition) is 3. The van der Waals surface area contributed by atoms with Crippen molar-refractivity contribution >= 4 is 11.9 Å². The predicted octanol–water partition coefficient (Wildman–Crippen LogP) is 2.12. The molecule has 0 spiro atoms. The third-order valence-electron chi connectivity index (χ3n) is 3.29. The van der Waals surface area contributed by atoms with E-state index in [0.717, 1.165) is 25.7 Å². The van der Waals surface area contributed by atoms with Gasteiger partial charge >= 0.3 is 5.97 Å². The van der Waals surface area contributed by atoms with Gasteiger partial charge in [-0.25, -0.2) is 4.79 Å². The fraction of sp³-hybridized carbons (Fsp3) is 0.846. The molecule has 0 aromatic carbocycles. The second-order valence-corrected chi connectivity index (χ2v) is 4.58. The molecule has 1 aliphatic rings. The number of carbonyl (C=O) groups excluding carboxylic acids is 2. The largest absolute Gasteiger partial charge is 0.467 e. The quantitative estimate of drug-likeness (QED) is 0.528. The molecular weight excluding hydrogens is 218 g/mol. The number of amides is 1. The summed E-state index contributed by atoms with van der Waals surface area (Å²) in [6, 6.07) is -0.335. The molecule has 0 aromatic rings. The molecule has 0 bridgehead atoms. The highest BCUT2D eigenvalue weighted by molar-refractivity contribution is 5.85. The minimum absolute atomic E-state index is 0.106. The van der Waals surface area contributed by atoms with Crippen LogP contribution in [-0.4, -0.2) is 36.5 Å². The summed E-state index contributed by atoms with van der Waals surface area (Å²) in [7, 11) is 1.38. The first-order valence-electron chi connectivity index (χ1n) is 6.58. The lowest BCUT2D eigenvalue weighted by Gasteiger charge is -2.22. The smallest absolute Gasteiger partial charge is 0.328 e. The van der Waals surface area contributed by atoms with Crippen molar-refractivity contribution in [3.05, 3.63) is 0 Å². The molecule has 17 heavy (non-hydrogen) atoms. The normalized spacial score (nSPS) is 19.4. The Labute approximate surface area is 103 Å². The Morgan fingerprint density at radius 2 is 2.06 bits per heavy atom. The van der Waals surface area contributed by atoms with Gasteiger partial charge < -0.3 is 9.64 Å². The SMILES string of the molecule is CCCCCCC(=O)N1CCCC1C(=O)OC. The first-order chi connectivity index (χ1) is 8.20. The summed E-state index contributed by atoms with van der Waals surface area (Å²) in [5, 5.41) is 0.